The number of unbranched alkanes of at least 4 members (excludes halogenated alkanes) is 3. The summed E-state index contributed by atoms with van der Waals surface area (Å²) in [6, 6.07) is 0. The Balaban J connectivity index is 3.57. The molecule has 0 heterocycles. The van der Waals surface area contributed by atoms with Gasteiger partial charge in [-0.1, -0.05) is 32.6 Å². The highest BCUT2D eigenvalue weighted by molar-refractivity contribution is 4.75. The number of ether oxygens (including phenoxy) is 1. The van der Waals surface area contributed by atoms with E-state index in [1.165, 1.54) is 25.7 Å². The van der Waals surface area contributed by atoms with Crippen LogP contribution in [0.1, 0.15) is 52.9 Å². The fourth-order valence-electron chi connectivity index (χ4n) is 1.51. The molecule has 0 bridgehead atoms. The van der Waals surface area contributed by atoms with Crippen molar-refractivity contribution in [2.24, 2.45) is 5.73 Å². The Morgan fingerprint density at radius 3 is 2.31 bits per heavy atom. The Kier molecular flexibility index (Phi) is 7.29. The average Bonchev–Trinajstić information content (AvgIpc) is 2.13. The van der Waals surface area contributed by atoms with E-state index in [1.54, 1.807) is 0 Å². The summed E-state index contributed by atoms with van der Waals surface area (Å²) in [5.74, 6) is 0. The van der Waals surface area contributed by atoms with Crippen LogP contribution in [0.4, 0.5) is 0 Å². The van der Waals surface area contributed by atoms with Crippen molar-refractivity contribution in [2.75, 3.05) is 13.2 Å². The second kappa shape index (κ2) is 7.34. The van der Waals surface area contributed by atoms with E-state index in [1.807, 2.05) is 6.92 Å². The van der Waals surface area contributed by atoms with E-state index in [9.17, 15) is 0 Å². The highest BCUT2D eigenvalue weighted by atomic mass is 16.5. The summed E-state index contributed by atoms with van der Waals surface area (Å²) in [4.78, 5) is 0. The zero-order valence-corrected chi connectivity index (χ0v) is 9.44. The van der Waals surface area contributed by atoms with E-state index in [0.29, 0.717) is 6.54 Å². The average molecular weight is 187 g/mol. The van der Waals surface area contributed by atoms with E-state index in [2.05, 4.69) is 13.8 Å². The molecule has 0 rings (SSSR count). The molecule has 0 fully saturated rings. The van der Waals surface area contributed by atoms with Gasteiger partial charge in [0.15, 0.2) is 0 Å². The van der Waals surface area contributed by atoms with E-state index >= 15 is 0 Å². The second-order valence-electron chi connectivity index (χ2n) is 3.90. The van der Waals surface area contributed by atoms with Gasteiger partial charge in [0.25, 0.3) is 0 Å². The number of hydrogen-bond donors (Lipinski definition) is 1. The summed E-state index contributed by atoms with van der Waals surface area (Å²) < 4.78 is 5.63. The van der Waals surface area contributed by atoms with Gasteiger partial charge < -0.3 is 10.5 Å². The molecular weight excluding hydrogens is 162 g/mol. The molecular formula is C11H25NO. The van der Waals surface area contributed by atoms with Crippen molar-refractivity contribution >= 4 is 0 Å². The van der Waals surface area contributed by atoms with Gasteiger partial charge in [0.1, 0.15) is 0 Å². The summed E-state index contributed by atoms with van der Waals surface area (Å²) in [6.45, 7) is 7.77. The summed E-state index contributed by atoms with van der Waals surface area (Å²) in [5, 5.41) is 0. The van der Waals surface area contributed by atoms with E-state index in [4.69, 9.17) is 10.5 Å². The van der Waals surface area contributed by atoms with Crippen LogP contribution < -0.4 is 5.73 Å². The van der Waals surface area contributed by atoms with Crippen LogP contribution in [0.3, 0.4) is 0 Å². The zero-order valence-electron chi connectivity index (χ0n) is 9.44. The van der Waals surface area contributed by atoms with E-state index in [-0.39, 0.29) is 5.60 Å². The Morgan fingerprint density at radius 2 is 1.85 bits per heavy atom. The van der Waals surface area contributed by atoms with Crippen LogP contribution in [0, 0.1) is 0 Å². The van der Waals surface area contributed by atoms with Crippen molar-refractivity contribution in [1.82, 2.24) is 0 Å². The molecule has 0 aliphatic rings. The lowest BCUT2D eigenvalue weighted by molar-refractivity contribution is -0.0253. The molecule has 0 saturated heterocycles. The minimum absolute atomic E-state index is 0.0809. The Hall–Kier alpha value is -0.0800. The molecule has 0 saturated carbocycles. The zero-order chi connectivity index (χ0) is 10.2. The third-order valence-corrected chi connectivity index (χ3v) is 2.48. The quantitative estimate of drug-likeness (QED) is 0.593. The summed E-state index contributed by atoms with van der Waals surface area (Å²) in [5.41, 5.74) is 5.60. The molecule has 0 aromatic rings. The molecule has 0 aromatic heterocycles. The van der Waals surface area contributed by atoms with Crippen molar-refractivity contribution in [2.45, 2.75) is 58.5 Å². The standard InChI is InChI=1S/C11H25NO/c1-4-6-7-8-9-11(3,10-12)13-5-2/h4-10,12H2,1-3H3. The smallest absolute Gasteiger partial charge is 0.0776 e. The van der Waals surface area contributed by atoms with Gasteiger partial charge in [-0.2, -0.15) is 0 Å². The third kappa shape index (κ3) is 6.05. The van der Waals surface area contributed by atoms with Crippen molar-refractivity contribution in [1.29, 1.82) is 0 Å². The molecule has 1 unspecified atom stereocenters. The van der Waals surface area contributed by atoms with Crippen LogP contribution in [0.5, 0.6) is 0 Å². The molecule has 0 aliphatic carbocycles. The Labute approximate surface area is 82.8 Å². The molecule has 0 aromatic carbocycles. The molecule has 0 radical (unpaired) electrons. The maximum absolute atomic E-state index is 5.68. The molecule has 2 nitrogen and oxygen atoms in total. The van der Waals surface area contributed by atoms with Gasteiger partial charge in [-0.25, -0.2) is 0 Å². The minimum atomic E-state index is -0.0809. The van der Waals surface area contributed by atoms with Crippen molar-refractivity contribution < 1.29 is 4.74 Å². The molecule has 80 valence electrons. The minimum Gasteiger partial charge on any atom is -0.374 e. The molecule has 13 heavy (non-hydrogen) atoms. The summed E-state index contributed by atoms with van der Waals surface area (Å²) in [6.07, 6.45) is 6.25. The number of nitrogens with two attached hydrogens (primary N) is 1. The van der Waals surface area contributed by atoms with Gasteiger partial charge in [0, 0.05) is 13.2 Å². The first-order chi connectivity index (χ1) is 6.18. The maximum atomic E-state index is 5.68. The van der Waals surface area contributed by atoms with Crippen LogP contribution in [0.25, 0.3) is 0 Å². The monoisotopic (exact) mass is 187 g/mol. The molecule has 1 atom stereocenters. The maximum Gasteiger partial charge on any atom is 0.0776 e. The first-order valence-corrected chi connectivity index (χ1v) is 5.52. The first-order valence-electron chi connectivity index (χ1n) is 5.52. The topological polar surface area (TPSA) is 35.2 Å². The van der Waals surface area contributed by atoms with Gasteiger partial charge in [0.2, 0.25) is 0 Å². The fourth-order valence-corrected chi connectivity index (χ4v) is 1.51. The van der Waals surface area contributed by atoms with E-state index in [0.717, 1.165) is 13.0 Å². The van der Waals surface area contributed by atoms with Gasteiger partial charge in [-0.3, -0.25) is 0 Å². The van der Waals surface area contributed by atoms with Crippen LogP contribution in [0.15, 0.2) is 0 Å². The highest BCUT2D eigenvalue weighted by Gasteiger charge is 2.21. The number of rotatable bonds is 8. The predicted molar refractivity (Wildman–Crippen MR) is 57.8 cm³/mol. The lowest BCUT2D eigenvalue weighted by Gasteiger charge is -2.27. The molecule has 0 amide bonds. The Morgan fingerprint density at radius 1 is 1.15 bits per heavy atom. The van der Waals surface area contributed by atoms with Gasteiger partial charge in [-0.05, 0) is 20.3 Å². The normalized spacial score (nSPS) is 15.7. The van der Waals surface area contributed by atoms with Crippen molar-refractivity contribution in [3.05, 3.63) is 0 Å². The second-order valence-corrected chi connectivity index (χ2v) is 3.90. The third-order valence-electron chi connectivity index (χ3n) is 2.48. The molecule has 0 aliphatic heterocycles. The van der Waals surface area contributed by atoms with Gasteiger partial charge >= 0.3 is 0 Å². The highest BCUT2D eigenvalue weighted by Crippen LogP contribution is 2.18. The fraction of sp³-hybridized carbons (Fsp3) is 1.00. The predicted octanol–water partition coefficient (Wildman–Crippen LogP) is 2.71. The van der Waals surface area contributed by atoms with Crippen LogP contribution in [-0.2, 0) is 4.74 Å². The lowest BCUT2D eigenvalue weighted by Crippen LogP contribution is -2.37. The Bertz CT molecular complexity index is 117. The van der Waals surface area contributed by atoms with E-state index < -0.39 is 0 Å². The van der Waals surface area contributed by atoms with Crippen molar-refractivity contribution in [3.63, 3.8) is 0 Å². The van der Waals surface area contributed by atoms with Crippen LogP contribution in [-0.4, -0.2) is 18.8 Å². The molecule has 2 N–H and O–H groups in total. The largest absolute Gasteiger partial charge is 0.374 e. The van der Waals surface area contributed by atoms with Gasteiger partial charge in [0.05, 0.1) is 5.60 Å². The van der Waals surface area contributed by atoms with Crippen LogP contribution >= 0.6 is 0 Å². The van der Waals surface area contributed by atoms with Crippen LogP contribution in [0.2, 0.25) is 0 Å². The van der Waals surface area contributed by atoms with Gasteiger partial charge in [-0.15, -0.1) is 0 Å². The van der Waals surface area contributed by atoms with Crippen molar-refractivity contribution in [3.8, 4) is 0 Å². The lowest BCUT2D eigenvalue weighted by atomic mass is 9.98. The molecule has 2 heteroatoms. The number of hydrogen-bond acceptors (Lipinski definition) is 2. The first kappa shape index (κ1) is 12.9. The SMILES string of the molecule is CCCCCCC(C)(CN)OCC. The summed E-state index contributed by atoms with van der Waals surface area (Å²) >= 11 is 0. The molecule has 0 spiro atoms. The summed E-state index contributed by atoms with van der Waals surface area (Å²) in [7, 11) is 0.